The molecule has 1 aliphatic rings. The molecule has 60 valence electrons. The first-order valence-corrected chi connectivity index (χ1v) is 3.88. The van der Waals surface area contributed by atoms with Gasteiger partial charge < -0.3 is 4.74 Å². The molecule has 0 amide bonds. The van der Waals surface area contributed by atoms with Crippen molar-refractivity contribution in [3.8, 4) is 11.8 Å². The fraction of sp³-hybridized carbons (Fsp3) is 0.667. The average Bonchev–Trinajstić information content (AvgIpc) is 2.72. The molecule has 0 spiro atoms. The summed E-state index contributed by atoms with van der Waals surface area (Å²) in [5, 5.41) is 0. The van der Waals surface area contributed by atoms with E-state index in [2.05, 4.69) is 11.8 Å². The molecule has 2 nitrogen and oxygen atoms in total. The zero-order valence-corrected chi connectivity index (χ0v) is 6.72. The molecular weight excluding hydrogens is 140 g/mol. The van der Waals surface area contributed by atoms with Crippen molar-refractivity contribution < 1.29 is 9.53 Å². The number of hydrogen-bond acceptors (Lipinski definition) is 2. The summed E-state index contributed by atoms with van der Waals surface area (Å²) in [5.74, 6) is 5.85. The summed E-state index contributed by atoms with van der Waals surface area (Å²) in [7, 11) is 0. The van der Waals surface area contributed by atoms with Gasteiger partial charge in [0.25, 0.3) is 0 Å². The second kappa shape index (κ2) is 4.02. The van der Waals surface area contributed by atoms with Crippen molar-refractivity contribution in [1.82, 2.24) is 0 Å². The minimum atomic E-state index is -0.102. The topological polar surface area (TPSA) is 26.3 Å². The van der Waals surface area contributed by atoms with Crippen LogP contribution in [0.1, 0.15) is 26.2 Å². The first-order chi connectivity index (χ1) is 5.33. The molecule has 0 atom stereocenters. The van der Waals surface area contributed by atoms with Gasteiger partial charge in [-0.05, 0) is 25.7 Å². The number of esters is 1. The van der Waals surface area contributed by atoms with Crippen molar-refractivity contribution in [3.05, 3.63) is 0 Å². The van der Waals surface area contributed by atoms with Crippen molar-refractivity contribution in [2.75, 3.05) is 6.61 Å². The number of carbonyl (C=O) groups excluding carboxylic acids is 1. The van der Waals surface area contributed by atoms with Crippen molar-refractivity contribution in [3.63, 3.8) is 0 Å². The van der Waals surface area contributed by atoms with E-state index in [0.29, 0.717) is 12.3 Å². The van der Waals surface area contributed by atoms with Crippen LogP contribution in [0.5, 0.6) is 0 Å². The first-order valence-electron chi connectivity index (χ1n) is 3.88. The SMILES string of the molecule is CC#CCOC(=O)CC1CC1. The lowest BCUT2D eigenvalue weighted by Gasteiger charge is -1.97. The lowest BCUT2D eigenvalue weighted by molar-refractivity contribution is -0.142. The van der Waals surface area contributed by atoms with Crippen LogP contribution in [0.25, 0.3) is 0 Å². The average molecular weight is 152 g/mol. The van der Waals surface area contributed by atoms with Crippen LogP contribution in [-0.4, -0.2) is 12.6 Å². The van der Waals surface area contributed by atoms with Crippen LogP contribution in [0, 0.1) is 17.8 Å². The normalized spacial score (nSPS) is 15.0. The van der Waals surface area contributed by atoms with Crippen LogP contribution in [0.4, 0.5) is 0 Å². The second-order valence-electron chi connectivity index (χ2n) is 2.73. The van der Waals surface area contributed by atoms with Gasteiger partial charge in [0.2, 0.25) is 0 Å². The number of carbonyl (C=O) groups is 1. The minimum absolute atomic E-state index is 0.102. The monoisotopic (exact) mass is 152 g/mol. The Morgan fingerprint density at radius 3 is 2.91 bits per heavy atom. The molecule has 0 aliphatic heterocycles. The molecule has 1 rings (SSSR count). The lowest BCUT2D eigenvalue weighted by atomic mass is 10.3. The molecule has 0 heterocycles. The van der Waals surface area contributed by atoms with E-state index < -0.39 is 0 Å². The van der Waals surface area contributed by atoms with Gasteiger partial charge in [-0.1, -0.05) is 5.92 Å². The molecule has 11 heavy (non-hydrogen) atoms. The Labute approximate surface area is 66.9 Å². The van der Waals surface area contributed by atoms with Crippen LogP contribution in [0.2, 0.25) is 0 Å². The molecule has 0 saturated heterocycles. The fourth-order valence-electron chi connectivity index (χ4n) is 0.805. The highest BCUT2D eigenvalue weighted by molar-refractivity contribution is 5.70. The molecule has 1 saturated carbocycles. The summed E-state index contributed by atoms with van der Waals surface area (Å²) in [6.45, 7) is 1.98. The standard InChI is InChI=1S/C9H12O2/c1-2-3-6-11-9(10)7-8-4-5-8/h8H,4-7H2,1H3. The van der Waals surface area contributed by atoms with Gasteiger partial charge in [-0.3, -0.25) is 4.79 Å². The van der Waals surface area contributed by atoms with E-state index in [9.17, 15) is 4.79 Å². The maximum atomic E-state index is 10.9. The Kier molecular flexibility index (Phi) is 2.97. The predicted molar refractivity (Wildman–Crippen MR) is 41.8 cm³/mol. The lowest BCUT2D eigenvalue weighted by Crippen LogP contribution is -2.04. The number of ether oxygens (including phenoxy) is 1. The summed E-state index contributed by atoms with van der Waals surface area (Å²) in [5.41, 5.74) is 0. The van der Waals surface area contributed by atoms with E-state index in [1.165, 1.54) is 12.8 Å². The summed E-state index contributed by atoms with van der Waals surface area (Å²) in [6, 6.07) is 0. The molecule has 0 radical (unpaired) electrons. The molecule has 1 fully saturated rings. The van der Waals surface area contributed by atoms with Gasteiger partial charge in [0.15, 0.2) is 6.61 Å². The van der Waals surface area contributed by atoms with Crippen LogP contribution >= 0.6 is 0 Å². The first kappa shape index (κ1) is 8.13. The van der Waals surface area contributed by atoms with Crippen LogP contribution in [0.15, 0.2) is 0 Å². The van der Waals surface area contributed by atoms with E-state index >= 15 is 0 Å². The Morgan fingerprint density at radius 2 is 2.36 bits per heavy atom. The fourth-order valence-corrected chi connectivity index (χ4v) is 0.805. The highest BCUT2D eigenvalue weighted by atomic mass is 16.5. The van der Waals surface area contributed by atoms with Crippen molar-refractivity contribution >= 4 is 5.97 Å². The van der Waals surface area contributed by atoms with Gasteiger partial charge in [0, 0.05) is 6.42 Å². The zero-order chi connectivity index (χ0) is 8.10. The zero-order valence-electron chi connectivity index (χ0n) is 6.72. The predicted octanol–water partition coefficient (Wildman–Crippen LogP) is 1.35. The van der Waals surface area contributed by atoms with E-state index in [1.54, 1.807) is 6.92 Å². The highest BCUT2D eigenvalue weighted by Gasteiger charge is 2.24. The molecular formula is C9H12O2. The molecule has 1 aliphatic carbocycles. The molecule has 0 unspecified atom stereocenters. The largest absolute Gasteiger partial charge is 0.452 e. The van der Waals surface area contributed by atoms with Gasteiger partial charge >= 0.3 is 5.97 Å². The third kappa shape index (κ3) is 3.67. The molecule has 0 aromatic carbocycles. The molecule has 0 N–H and O–H groups in total. The van der Waals surface area contributed by atoms with E-state index in [4.69, 9.17) is 4.74 Å². The maximum absolute atomic E-state index is 10.9. The number of rotatable bonds is 3. The van der Waals surface area contributed by atoms with E-state index in [-0.39, 0.29) is 12.6 Å². The summed E-state index contributed by atoms with van der Waals surface area (Å²) in [6.07, 6.45) is 2.97. The van der Waals surface area contributed by atoms with Gasteiger partial charge in [-0.25, -0.2) is 0 Å². The van der Waals surface area contributed by atoms with Crippen LogP contribution in [-0.2, 0) is 9.53 Å². The number of hydrogen-bond donors (Lipinski definition) is 0. The summed E-state index contributed by atoms with van der Waals surface area (Å²) < 4.78 is 4.82. The Morgan fingerprint density at radius 1 is 1.64 bits per heavy atom. The van der Waals surface area contributed by atoms with E-state index in [0.717, 1.165) is 0 Å². The van der Waals surface area contributed by atoms with Crippen molar-refractivity contribution in [2.45, 2.75) is 26.2 Å². The Hall–Kier alpha value is -0.970. The Bertz CT molecular complexity index is 193. The van der Waals surface area contributed by atoms with Gasteiger partial charge in [-0.2, -0.15) is 0 Å². The van der Waals surface area contributed by atoms with Gasteiger partial charge in [0.1, 0.15) is 0 Å². The van der Waals surface area contributed by atoms with Crippen LogP contribution in [0.3, 0.4) is 0 Å². The summed E-state index contributed by atoms with van der Waals surface area (Å²) in [4.78, 5) is 10.9. The Balaban J connectivity index is 2.03. The molecule has 0 aromatic heterocycles. The molecule has 0 aromatic rings. The van der Waals surface area contributed by atoms with Crippen LogP contribution < -0.4 is 0 Å². The maximum Gasteiger partial charge on any atom is 0.307 e. The second-order valence-corrected chi connectivity index (χ2v) is 2.73. The third-order valence-corrected chi connectivity index (χ3v) is 1.63. The highest BCUT2D eigenvalue weighted by Crippen LogP contribution is 2.32. The molecule has 0 bridgehead atoms. The third-order valence-electron chi connectivity index (χ3n) is 1.63. The van der Waals surface area contributed by atoms with Crippen molar-refractivity contribution in [1.29, 1.82) is 0 Å². The molecule has 2 heteroatoms. The van der Waals surface area contributed by atoms with E-state index in [1.807, 2.05) is 0 Å². The summed E-state index contributed by atoms with van der Waals surface area (Å²) >= 11 is 0. The smallest absolute Gasteiger partial charge is 0.307 e. The van der Waals surface area contributed by atoms with Gasteiger partial charge in [0.05, 0.1) is 0 Å². The van der Waals surface area contributed by atoms with Gasteiger partial charge in [-0.15, -0.1) is 5.92 Å². The quantitative estimate of drug-likeness (QED) is 0.450. The van der Waals surface area contributed by atoms with Crippen molar-refractivity contribution in [2.24, 2.45) is 5.92 Å². The minimum Gasteiger partial charge on any atom is -0.452 e.